The van der Waals surface area contributed by atoms with E-state index in [4.69, 9.17) is 27.9 Å². The van der Waals surface area contributed by atoms with E-state index in [1.165, 1.54) is 18.4 Å². The Morgan fingerprint density at radius 1 is 1.18 bits per heavy atom. The van der Waals surface area contributed by atoms with Gasteiger partial charge in [0.25, 0.3) is 0 Å². The Balaban J connectivity index is 1.97. The molecule has 8 heteroatoms. The SMILES string of the molecule is COC(CNS(=O)(=O)Cc1ccc(Cl)cc1)c1ccc(Cl)s1. The van der Waals surface area contributed by atoms with Crippen molar-refractivity contribution >= 4 is 44.6 Å². The van der Waals surface area contributed by atoms with Crippen LogP contribution in [0.4, 0.5) is 0 Å². The summed E-state index contributed by atoms with van der Waals surface area (Å²) in [6.45, 7) is 0.156. The van der Waals surface area contributed by atoms with Crippen molar-refractivity contribution in [1.82, 2.24) is 4.72 Å². The second-order valence-corrected chi connectivity index (χ2v) is 8.59. The van der Waals surface area contributed by atoms with Crippen molar-refractivity contribution in [2.75, 3.05) is 13.7 Å². The van der Waals surface area contributed by atoms with Gasteiger partial charge in [-0.2, -0.15) is 0 Å². The number of nitrogens with one attached hydrogen (secondary N) is 1. The lowest BCUT2D eigenvalue weighted by molar-refractivity contribution is 0.110. The average Bonchev–Trinajstić information content (AvgIpc) is 2.88. The molecule has 22 heavy (non-hydrogen) atoms. The summed E-state index contributed by atoms with van der Waals surface area (Å²) in [5, 5.41) is 0.572. The summed E-state index contributed by atoms with van der Waals surface area (Å²) in [7, 11) is -1.92. The summed E-state index contributed by atoms with van der Waals surface area (Å²) < 4.78 is 32.8. The molecular formula is C14H15Cl2NO3S2. The molecular weight excluding hydrogens is 365 g/mol. The fourth-order valence-corrected chi connectivity index (χ4v) is 4.26. The monoisotopic (exact) mass is 379 g/mol. The summed E-state index contributed by atoms with van der Waals surface area (Å²) in [5.41, 5.74) is 0.671. The van der Waals surface area contributed by atoms with Crippen LogP contribution >= 0.6 is 34.5 Å². The van der Waals surface area contributed by atoms with Gasteiger partial charge in [0.1, 0.15) is 6.10 Å². The molecule has 0 saturated carbocycles. The number of benzene rings is 1. The van der Waals surface area contributed by atoms with Crippen molar-refractivity contribution in [2.45, 2.75) is 11.9 Å². The molecule has 120 valence electrons. The fourth-order valence-electron chi connectivity index (χ4n) is 1.86. The second kappa shape index (κ2) is 7.77. The third kappa shape index (κ3) is 5.22. The highest BCUT2D eigenvalue weighted by molar-refractivity contribution is 7.88. The van der Waals surface area contributed by atoms with E-state index in [2.05, 4.69) is 4.72 Å². The summed E-state index contributed by atoms with van der Waals surface area (Å²) in [4.78, 5) is 0.877. The Morgan fingerprint density at radius 2 is 1.86 bits per heavy atom. The third-order valence-electron chi connectivity index (χ3n) is 2.95. The minimum absolute atomic E-state index is 0.105. The van der Waals surface area contributed by atoms with Gasteiger partial charge in [-0.25, -0.2) is 13.1 Å². The minimum Gasteiger partial charge on any atom is -0.375 e. The van der Waals surface area contributed by atoms with Gasteiger partial charge in [0.05, 0.1) is 10.1 Å². The van der Waals surface area contributed by atoms with Crippen LogP contribution in [-0.2, 0) is 20.5 Å². The molecule has 2 rings (SSSR count). The summed E-state index contributed by atoms with van der Waals surface area (Å²) in [6, 6.07) is 10.3. The number of hydrogen-bond donors (Lipinski definition) is 1. The van der Waals surface area contributed by atoms with Crippen LogP contribution < -0.4 is 4.72 Å². The largest absolute Gasteiger partial charge is 0.375 e. The number of hydrogen-bond acceptors (Lipinski definition) is 4. The van der Waals surface area contributed by atoms with Crippen LogP contribution in [0, 0.1) is 0 Å². The first-order valence-electron chi connectivity index (χ1n) is 6.39. The third-order valence-corrected chi connectivity index (χ3v) is 5.85. The van der Waals surface area contributed by atoms with E-state index in [9.17, 15) is 8.42 Å². The molecule has 2 aromatic rings. The van der Waals surface area contributed by atoms with Crippen molar-refractivity contribution in [3.05, 3.63) is 56.2 Å². The highest BCUT2D eigenvalue weighted by atomic mass is 35.5. The first-order chi connectivity index (χ1) is 10.4. The predicted molar refractivity (Wildman–Crippen MR) is 91.2 cm³/mol. The van der Waals surface area contributed by atoms with Crippen LogP contribution in [0.2, 0.25) is 9.36 Å². The molecule has 1 N–H and O–H groups in total. The topological polar surface area (TPSA) is 55.4 Å². The lowest BCUT2D eigenvalue weighted by atomic mass is 10.2. The van der Waals surface area contributed by atoms with E-state index in [1.807, 2.05) is 6.07 Å². The molecule has 4 nitrogen and oxygen atoms in total. The Kier molecular flexibility index (Phi) is 6.26. The van der Waals surface area contributed by atoms with Crippen LogP contribution in [0.25, 0.3) is 0 Å². The second-order valence-electron chi connectivity index (χ2n) is 4.60. The van der Waals surface area contributed by atoms with E-state index in [0.29, 0.717) is 14.9 Å². The number of methoxy groups -OCH3 is 1. The summed E-state index contributed by atoms with van der Waals surface area (Å²) in [6.07, 6.45) is -0.363. The highest BCUT2D eigenvalue weighted by Crippen LogP contribution is 2.28. The van der Waals surface area contributed by atoms with Crippen LogP contribution in [0.3, 0.4) is 0 Å². The highest BCUT2D eigenvalue weighted by Gasteiger charge is 2.18. The van der Waals surface area contributed by atoms with Gasteiger partial charge >= 0.3 is 0 Å². The van der Waals surface area contributed by atoms with Gasteiger partial charge in [-0.3, -0.25) is 0 Å². The molecule has 0 spiro atoms. The lowest BCUT2D eigenvalue weighted by Gasteiger charge is -2.15. The predicted octanol–water partition coefficient (Wildman–Crippen LogP) is 3.86. The van der Waals surface area contributed by atoms with Crippen molar-refractivity contribution < 1.29 is 13.2 Å². The average molecular weight is 380 g/mol. The van der Waals surface area contributed by atoms with Gasteiger partial charge in [-0.05, 0) is 29.8 Å². The fraction of sp³-hybridized carbons (Fsp3) is 0.286. The molecule has 0 aliphatic rings. The molecule has 1 heterocycles. The zero-order valence-electron chi connectivity index (χ0n) is 11.8. The molecule has 0 amide bonds. The number of rotatable bonds is 7. The molecule has 0 radical (unpaired) electrons. The van der Waals surface area contributed by atoms with Gasteiger partial charge in [-0.1, -0.05) is 35.3 Å². The van der Waals surface area contributed by atoms with Crippen molar-refractivity contribution in [2.24, 2.45) is 0 Å². The zero-order valence-corrected chi connectivity index (χ0v) is 14.9. The molecule has 0 saturated heterocycles. The van der Waals surface area contributed by atoms with Gasteiger partial charge in [0, 0.05) is 23.6 Å². The van der Waals surface area contributed by atoms with E-state index < -0.39 is 10.0 Å². The summed E-state index contributed by atoms with van der Waals surface area (Å²) >= 11 is 13.0. The normalized spacial score (nSPS) is 13.2. The molecule has 1 unspecified atom stereocenters. The van der Waals surface area contributed by atoms with E-state index >= 15 is 0 Å². The number of thiophene rings is 1. The van der Waals surface area contributed by atoms with Crippen LogP contribution in [0.5, 0.6) is 0 Å². The maximum atomic E-state index is 12.1. The lowest BCUT2D eigenvalue weighted by Crippen LogP contribution is -2.30. The number of halogens is 2. The Hall–Kier alpha value is -0.630. The standard InChI is InChI=1S/C14H15Cl2NO3S2/c1-20-12(13-6-7-14(16)21-13)8-17-22(18,19)9-10-2-4-11(15)5-3-10/h2-7,12,17H,8-9H2,1H3. The van der Waals surface area contributed by atoms with Crippen molar-refractivity contribution in [1.29, 1.82) is 0 Å². The van der Waals surface area contributed by atoms with Crippen LogP contribution in [-0.4, -0.2) is 22.1 Å². The molecule has 0 bridgehead atoms. The maximum absolute atomic E-state index is 12.1. The van der Waals surface area contributed by atoms with Gasteiger partial charge < -0.3 is 4.74 Å². The molecule has 1 aromatic heterocycles. The van der Waals surface area contributed by atoms with Gasteiger partial charge in [0.15, 0.2) is 0 Å². The Labute approximate surface area is 144 Å². The van der Waals surface area contributed by atoms with E-state index in [-0.39, 0.29) is 18.4 Å². The Bertz CT molecular complexity index is 714. The van der Waals surface area contributed by atoms with Crippen LogP contribution in [0.1, 0.15) is 16.5 Å². The number of ether oxygens (including phenoxy) is 1. The van der Waals surface area contributed by atoms with Gasteiger partial charge in [0.2, 0.25) is 10.0 Å². The molecule has 0 fully saturated rings. The molecule has 0 aliphatic carbocycles. The zero-order chi connectivity index (χ0) is 16.2. The smallest absolute Gasteiger partial charge is 0.215 e. The van der Waals surface area contributed by atoms with Crippen molar-refractivity contribution in [3.8, 4) is 0 Å². The van der Waals surface area contributed by atoms with Crippen LogP contribution in [0.15, 0.2) is 36.4 Å². The Morgan fingerprint density at radius 3 is 2.41 bits per heavy atom. The maximum Gasteiger partial charge on any atom is 0.215 e. The first kappa shape index (κ1) is 17.7. The molecule has 0 aliphatic heterocycles. The van der Waals surface area contributed by atoms with E-state index in [0.717, 1.165) is 4.88 Å². The van der Waals surface area contributed by atoms with Crippen molar-refractivity contribution in [3.63, 3.8) is 0 Å². The van der Waals surface area contributed by atoms with Gasteiger partial charge in [-0.15, -0.1) is 11.3 Å². The molecule has 1 atom stereocenters. The first-order valence-corrected chi connectivity index (χ1v) is 9.62. The minimum atomic E-state index is -3.46. The quantitative estimate of drug-likeness (QED) is 0.794. The summed E-state index contributed by atoms with van der Waals surface area (Å²) in [5.74, 6) is -0.105. The van der Waals surface area contributed by atoms with E-state index in [1.54, 1.807) is 30.3 Å². The number of sulfonamides is 1. The molecule has 1 aromatic carbocycles.